The van der Waals surface area contributed by atoms with Crippen LogP contribution >= 0.6 is 0 Å². The van der Waals surface area contributed by atoms with Crippen molar-refractivity contribution in [2.45, 2.75) is 18.6 Å². The Balaban J connectivity index is 1.41. The molecular formula is C31H28N4O2. The molecule has 184 valence electrons. The third-order valence-corrected chi connectivity index (χ3v) is 6.62. The van der Waals surface area contributed by atoms with Crippen LogP contribution in [0, 0.1) is 0 Å². The maximum absolute atomic E-state index is 14.0. The second-order valence-corrected chi connectivity index (χ2v) is 9.15. The molecule has 0 bridgehead atoms. The minimum Gasteiger partial charge on any atom is -0.369 e. The molecule has 0 saturated carbocycles. The number of hydrogen-bond acceptors (Lipinski definition) is 4. The van der Waals surface area contributed by atoms with E-state index in [-0.39, 0.29) is 24.3 Å². The van der Waals surface area contributed by atoms with Crippen LogP contribution in [-0.4, -0.2) is 34.6 Å². The molecule has 0 aliphatic carbocycles. The SMILES string of the molecule is CN(Cc1ccccc1)C(=O)c1cccc(CN2C(=O)C(c3ccccc3)(c3ccccc3)N=C2N)c1. The first-order valence-corrected chi connectivity index (χ1v) is 12.2. The van der Waals surface area contributed by atoms with Crippen molar-refractivity contribution >= 4 is 17.8 Å². The Bertz CT molecular complexity index is 1400. The highest BCUT2D eigenvalue weighted by Gasteiger charge is 2.50. The van der Waals surface area contributed by atoms with Gasteiger partial charge < -0.3 is 10.6 Å². The monoisotopic (exact) mass is 488 g/mol. The highest BCUT2D eigenvalue weighted by molar-refractivity contribution is 6.09. The van der Waals surface area contributed by atoms with Crippen LogP contribution in [-0.2, 0) is 23.4 Å². The molecule has 2 N–H and O–H groups in total. The van der Waals surface area contributed by atoms with Crippen LogP contribution in [0.1, 0.15) is 32.6 Å². The first-order chi connectivity index (χ1) is 18.0. The lowest BCUT2D eigenvalue weighted by Gasteiger charge is -2.27. The lowest BCUT2D eigenvalue weighted by Crippen LogP contribution is -2.43. The summed E-state index contributed by atoms with van der Waals surface area (Å²) in [6.07, 6.45) is 0. The van der Waals surface area contributed by atoms with Gasteiger partial charge in [-0.25, -0.2) is 4.99 Å². The largest absolute Gasteiger partial charge is 0.369 e. The van der Waals surface area contributed by atoms with E-state index >= 15 is 0 Å². The number of amides is 2. The summed E-state index contributed by atoms with van der Waals surface area (Å²) in [6.45, 7) is 0.712. The summed E-state index contributed by atoms with van der Waals surface area (Å²) in [5.74, 6) is -0.168. The zero-order valence-corrected chi connectivity index (χ0v) is 20.6. The Kier molecular flexibility index (Phi) is 6.56. The van der Waals surface area contributed by atoms with Crippen LogP contribution in [0.15, 0.2) is 120 Å². The normalized spacial score (nSPS) is 14.4. The van der Waals surface area contributed by atoms with E-state index in [1.807, 2.05) is 109 Å². The van der Waals surface area contributed by atoms with E-state index < -0.39 is 5.54 Å². The lowest BCUT2D eigenvalue weighted by atomic mass is 9.83. The van der Waals surface area contributed by atoms with Gasteiger partial charge in [-0.2, -0.15) is 0 Å². The van der Waals surface area contributed by atoms with Gasteiger partial charge >= 0.3 is 0 Å². The van der Waals surface area contributed by atoms with E-state index in [9.17, 15) is 9.59 Å². The molecule has 1 aliphatic heterocycles. The first-order valence-electron chi connectivity index (χ1n) is 12.2. The van der Waals surface area contributed by atoms with E-state index in [0.717, 1.165) is 22.3 Å². The maximum atomic E-state index is 14.0. The van der Waals surface area contributed by atoms with Crippen molar-refractivity contribution in [1.29, 1.82) is 0 Å². The van der Waals surface area contributed by atoms with Gasteiger partial charge in [-0.05, 0) is 34.4 Å². The maximum Gasteiger partial charge on any atom is 0.266 e. The molecule has 37 heavy (non-hydrogen) atoms. The molecule has 6 nitrogen and oxygen atoms in total. The molecule has 1 heterocycles. The molecular weight excluding hydrogens is 460 g/mol. The van der Waals surface area contributed by atoms with Crippen molar-refractivity contribution in [3.8, 4) is 0 Å². The number of hydrogen-bond donors (Lipinski definition) is 1. The summed E-state index contributed by atoms with van der Waals surface area (Å²) in [5, 5.41) is 0. The van der Waals surface area contributed by atoms with Crippen LogP contribution < -0.4 is 5.73 Å². The molecule has 1 aliphatic rings. The van der Waals surface area contributed by atoms with Gasteiger partial charge in [0.1, 0.15) is 0 Å². The summed E-state index contributed by atoms with van der Waals surface area (Å²) in [7, 11) is 1.78. The number of nitrogens with zero attached hydrogens (tertiary/aromatic N) is 3. The second kappa shape index (κ2) is 10.1. The summed E-state index contributed by atoms with van der Waals surface area (Å²) < 4.78 is 0. The van der Waals surface area contributed by atoms with Gasteiger partial charge in [-0.15, -0.1) is 0 Å². The molecule has 0 fully saturated rings. The predicted octanol–water partition coefficient (Wildman–Crippen LogP) is 4.56. The molecule has 4 aromatic rings. The number of carbonyl (C=O) groups excluding carboxylic acids is 2. The van der Waals surface area contributed by atoms with Crippen LogP contribution in [0.3, 0.4) is 0 Å². The standard InChI is InChI=1S/C31H28N4O2/c1-34(21-23-12-5-2-6-13-23)28(36)25-15-11-14-24(20-25)22-35-29(37)31(33-30(35)32,26-16-7-3-8-17-26)27-18-9-4-10-19-27/h2-20H,21-22H2,1H3,(H2,32,33). The average Bonchev–Trinajstić information content (AvgIpc) is 3.20. The van der Waals surface area contributed by atoms with Gasteiger partial charge in [-0.3, -0.25) is 14.5 Å². The predicted molar refractivity (Wildman–Crippen MR) is 145 cm³/mol. The number of carbonyl (C=O) groups is 2. The van der Waals surface area contributed by atoms with E-state index in [4.69, 9.17) is 10.7 Å². The Morgan fingerprint density at radius 3 is 1.95 bits per heavy atom. The number of rotatable bonds is 7. The number of guanidine groups is 1. The summed E-state index contributed by atoms with van der Waals surface area (Å²) in [6, 6.07) is 36.1. The van der Waals surface area contributed by atoms with Gasteiger partial charge in [0.05, 0.1) is 6.54 Å². The van der Waals surface area contributed by atoms with Crippen LogP contribution in [0.25, 0.3) is 0 Å². The van der Waals surface area contributed by atoms with E-state index in [1.165, 1.54) is 4.90 Å². The molecule has 0 unspecified atom stereocenters. The Morgan fingerprint density at radius 2 is 1.35 bits per heavy atom. The van der Waals surface area contributed by atoms with E-state index in [0.29, 0.717) is 12.1 Å². The Labute approximate surface area is 216 Å². The third-order valence-electron chi connectivity index (χ3n) is 6.62. The summed E-state index contributed by atoms with van der Waals surface area (Å²) in [4.78, 5) is 35.1. The van der Waals surface area contributed by atoms with Crippen LogP contribution in [0.5, 0.6) is 0 Å². The van der Waals surface area contributed by atoms with E-state index in [2.05, 4.69) is 0 Å². The Morgan fingerprint density at radius 1 is 0.811 bits per heavy atom. The van der Waals surface area contributed by atoms with Crippen molar-refractivity contribution in [3.63, 3.8) is 0 Å². The van der Waals surface area contributed by atoms with Crippen LogP contribution in [0.4, 0.5) is 0 Å². The second-order valence-electron chi connectivity index (χ2n) is 9.15. The molecule has 5 rings (SSSR count). The minimum atomic E-state index is -1.25. The highest BCUT2D eigenvalue weighted by atomic mass is 16.2. The van der Waals surface area contributed by atoms with Crippen molar-refractivity contribution in [1.82, 2.24) is 9.80 Å². The molecule has 0 saturated heterocycles. The lowest BCUT2D eigenvalue weighted by molar-refractivity contribution is -0.130. The third kappa shape index (κ3) is 4.61. The average molecular weight is 489 g/mol. The number of aliphatic imine (C=N–C) groups is 1. The fourth-order valence-corrected chi connectivity index (χ4v) is 4.77. The molecule has 0 aromatic heterocycles. The smallest absolute Gasteiger partial charge is 0.266 e. The topological polar surface area (TPSA) is 79.0 Å². The molecule has 0 atom stereocenters. The molecule has 2 amide bonds. The van der Waals surface area contributed by atoms with Gasteiger partial charge in [-0.1, -0.05) is 103 Å². The Hall–Kier alpha value is -4.71. The fourth-order valence-electron chi connectivity index (χ4n) is 4.77. The van der Waals surface area contributed by atoms with Crippen molar-refractivity contribution in [3.05, 3.63) is 143 Å². The van der Waals surface area contributed by atoms with Crippen molar-refractivity contribution in [2.75, 3.05) is 7.05 Å². The van der Waals surface area contributed by atoms with Crippen LogP contribution in [0.2, 0.25) is 0 Å². The summed E-state index contributed by atoms with van der Waals surface area (Å²) >= 11 is 0. The summed E-state index contributed by atoms with van der Waals surface area (Å²) in [5.41, 5.74) is 9.03. The van der Waals surface area contributed by atoms with E-state index in [1.54, 1.807) is 18.0 Å². The molecule has 4 aromatic carbocycles. The van der Waals surface area contributed by atoms with Crippen molar-refractivity contribution in [2.24, 2.45) is 10.7 Å². The first kappa shape index (κ1) is 24.0. The van der Waals surface area contributed by atoms with Gasteiger partial charge in [0.25, 0.3) is 11.8 Å². The molecule has 0 spiro atoms. The zero-order chi connectivity index (χ0) is 25.8. The number of nitrogens with two attached hydrogens (primary N) is 1. The zero-order valence-electron chi connectivity index (χ0n) is 20.6. The minimum absolute atomic E-state index is 0.0944. The highest BCUT2D eigenvalue weighted by Crippen LogP contribution is 2.40. The number of benzene rings is 4. The molecule has 6 heteroatoms. The molecule has 0 radical (unpaired) electrons. The van der Waals surface area contributed by atoms with Gasteiger partial charge in [0, 0.05) is 19.2 Å². The van der Waals surface area contributed by atoms with Gasteiger partial charge in [0.15, 0.2) is 11.5 Å². The quantitative estimate of drug-likeness (QED) is 0.414. The van der Waals surface area contributed by atoms with Crippen molar-refractivity contribution < 1.29 is 9.59 Å². The van der Waals surface area contributed by atoms with Gasteiger partial charge in [0.2, 0.25) is 0 Å². The fraction of sp³-hybridized carbons (Fsp3) is 0.129.